The summed E-state index contributed by atoms with van der Waals surface area (Å²) in [6, 6.07) is 0. The van der Waals surface area contributed by atoms with Gasteiger partial charge in [-0.25, -0.2) is 0 Å². The predicted octanol–water partition coefficient (Wildman–Crippen LogP) is 5.35. The van der Waals surface area contributed by atoms with Crippen LogP contribution in [0.25, 0.3) is 0 Å². The van der Waals surface area contributed by atoms with Gasteiger partial charge in [-0.05, 0) is 24.1 Å². The van der Waals surface area contributed by atoms with Gasteiger partial charge in [0.1, 0.15) is 0 Å². The predicted molar refractivity (Wildman–Crippen MR) is 80.4 cm³/mol. The maximum atomic E-state index is 6.17. The van der Waals surface area contributed by atoms with Gasteiger partial charge >= 0.3 is 30.0 Å². The van der Waals surface area contributed by atoms with Crippen LogP contribution in [0.2, 0.25) is 18.1 Å². The van der Waals surface area contributed by atoms with Gasteiger partial charge in [0, 0.05) is 6.61 Å². The van der Waals surface area contributed by atoms with E-state index < -0.39 is 8.32 Å². The van der Waals surface area contributed by atoms with E-state index in [0.717, 1.165) is 13.0 Å². The van der Waals surface area contributed by atoms with Crippen LogP contribution in [-0.2, 0) is 20.8 Å². The summed E-state index contributed by atoms with van der Waals surface area (Å²) in [5.41, 5.74) is 0. The summed E-state index contributed by atoms with van der Waals surface area (Å²) in [5, 5.41) is 0.322. The molecule has 2 atom stereocenters. The van der Waals surface area contributed by atoms with E-state index in [2.05, 4.69) is 68.3 Å². The van der Waals surface area contributed by atoms with Crippen LogP contribution in [0, 0.1) is 18.8 Å². The van der Waals surface area contributed by atoms with E-state index in [1.807, 2.05) is 0 Å². The molecule has 17 heavy (non-hydrogen) atoms. The van der Waals surface area contributed by atoms with Gasteiger partial charge in [0.05, 0.1) is 0 Å². The monoisotopic (exact) mass is 372 g/mol. The Morgan fingerprint density at radius 1 is 1.24 bits per heavy atom. The van der Waals surface area contributed by atoms with Crippen molar-refractivity contribution < 1.29 is 20.8 Å². The third kappa shape index (κ3) is 9.81. The molecule has 0 aromatic rings. The van der Waals surface area contributed by atoms with E-state index in [4.69, 9.17) is 4.43 Å². The number of halogens is 1. The first-order chi connectivity index (χ1) is 7.56. The summed E-state index contributed by atoms with van der Waals surface area (Å²) >= 11 is 4.25. The fourth-order valence-corrected chi connectivity index (χ4v) is 2.46. The molecule has 4 heteroatoms. The molecule has 0 saturated carbocycles. The summed E-state index contributed by atoms with van der Waals surface area (Å²) in [6.45, 7) is 20.8. The molecule has 0 radical (unpaired) electrons. The molecule has 0 bridgehead atoms. The molecular formula is C13H29BrOSiZn. The average molecular weight is 375 g/mol. The van der Waals surface area contributed by atoms with Gasteiger partial charge in [0.15, 0.2) is 8.32 Å². The van der Waals surface area contributed by atoms with E-state index in [1.165, 1.54) is 16.3 Å². The SMILES string of the molecule is [CH2-][C@@H](C)C[C@@H](C)CO[Si](C)(C)C(C)(C)C.[Zn+][Br]. The van der Waals surface area contributed by atoms with Crippen LogP contribution >= 0.6 is 13.6 Å². The molecule has 0 aromatic carbocycles. The second kappa shape index (κ2) is 9.23. The molecule has 0 aliphatic heterocycles. The van der Waals surface area contributed by atoms with Gasteiger partial charge < -0.3 is 11.3 Å². The summed E-state index contributed by atoms with van der Waals surface area (Å²) in [6.07, 6.45) is 1.16. The Kier molecular flexibility index (Phi) is 11.2. The van der Waals surface area contributed by atoms with Crippen molar-refractivity contribution in [1.29, 1.82) is 0 Å². The van der Waals surface area contributed by atoms with Crippen LogP contribution in [0.4, 0.5) is 0 Å². The van der Waals surface area contributed by atoms with Crippen molar-refractivity contribution in [2.75, 3.05) is 6.61 Å². The molecule has 0 saturated heterocycles. The zero-order chi connectivity index (χ0) is 14.3. The first kappa shape index (κ1) is 20.6. The summed E-state index contributed by atoms with van der Waals surface area (Å²) < 4.78 is 6.17. The van der Waals surface area contributed by atoms with Crippen LogP contribution in [0.1, 0.15) is 41.0 Å². The van der Waals surface area contributed by atoms with Crippen LogP contribution in [0.15, 0.2) is 0 Å². The van der Waals surface area contributed by atoms with Crippen LogP contribution in [0.3, 0.4) is 0 Å². The Bertz CT molecular complexity index is 190. The van der Waals surface area contributed by atoms with Crippen molar-refractivity contribution in [2.24, 2.45) is 11.8 Å². The zero-order valence-corrected chi connectivity index (χ0v) is 18.3. The van der Waals surface area contributed by atoms with Gasteiger partial charge in [-0.15, -0.1) is 0 Å². The molecule has 0 heterocycles. The molecular weight excluding hydrogens is 346 g/mol. The normalized spacial score (nSPS) is 15.9. The molecule has 100 valence electrons. The van der Waals surface area contributed by atoms with Crippen LogP contribution in [-0.4, -0.2) is 14.9 Å². The standard InChI is InChI=1S/C13H29OSi.BrH.Zn/c1-11(2)9-12(3)10-14-15(7,8)13(4,5)6;;/h11-12H,1,9-10H2,2-8H3;1H;/q-1;;+2/p-1/t11-,12+;;/m0../s1. The van der Waals surface area contributed by atoms with E-state index in [1.54, 1.807) is 0 Å². The summed E-state index contributed by atoms with van der Waals surface area (Å²) in [7, 11) is -1.54. The molecule has 0 N–H and O–H groups in total. The van der Waals surface area contributed by atoms with E-state index in [0.29, 0.717) is 16.9 Å². The van der Waals surface area contributed by atoms with Crippen LogP contribution in [0.5, 0.6) is 0 Å². The zero-order valence-electron chi connectivity index (χ0n) is 12.8. The Morgan fingerprint density at radius 2 is 1.65 bits per heavy atom. The van der Waals surface area contributed by atoms with Crippen molar-refractivity contribution in [3.05, 3.63) is 6.92 Å². The number of hydrogen-bond acceptors (Lipinski definition) is 1. The fourth-order valence-electron chi connectivity index (χ4n) is 1.32. The molecule has 0 amide bonds. The van der Waals surface area contributed by atoms with E-state index in [9.17, 15) is 0 Å². The molecule has 0 aliphatic rings. The van der Waals surface area contributed by atoms with E-state index >= 15 is 0 Å². The minimum absolute atomic E-state index is 0.322. The number of hydrogen-bond donors (Lipinski definition) is 0. The van der Waals surface area contributed by atoms with Crippen molar-refractivity contribution in [1.82, 2.24) is 0 Å². The Balaban J connectivity index is 0. The van der Waals surface area contributed by atoms with E-state index in [-0.39, 0.29) is 0 Å². The Labute approximate surface area is 127 Å². The van der Waals surface area contributed by atoms with Crippen molar-refractivity contribution in [3.63, 3.8) is 0 Å². The molecule has 0 aliphatic carbocycles. The molecule has 0 spiro atoms. The third-order valence-corrected chi connectivity index (χ3v) is 7.84. The van der Waals surface area contributed by atoms with Crippen LogP contribution < -0.4 is 0 Å². The average Bonchev–Trinajstić information content (AvgIpc) is 2.15. The van der Waals surface area contributed by atoms with Crippen molar-refractivity contribution in [2.45, 2.75) is 59.2 Å². The van der Waals surface area contributed by atoms with Gasteiger partial charge in [0.25, 0.3) is 0 Å². The van der Waals surface area contributed by atoms with Gasteiger partial charge in [-0.1, -0.05) is 41.0 Å². The Morgan fingerprint density at radius 3 is 1.94 bits per heavy atom. The van der Waals surface area contributed by atoms with Gasteiger partial charge in [-0.2, -0.15) is 5.92 Å². The molecule has 0 aromatic heterocycles. The second-order valence-corrected chi connectivity index (χ2v) is 11.3. The molecule has 0 unspecified atom stereocenters. The van der Waals surface area contributed by atoms with Crippen molar-refractivity contribution >= 4 is 21.9 Å². The first-order valence-electron chi connectivity index (χ1n) is 6.30. The summed E-state index contributed by atoms with van der Waals surface area (Å²) in [5.74, 6) is 1.16. The third-order valence-electron chi connectivity index (χ3n) is 3.34. The fraction of sp³-hybridized carbons (Fsp3) is 0.923. The van der Waals surface area contributed by atoms with Gasteiger partial charge in [-0.3, -0.25) is 0 Å². The molecule has 1 nitrogen and oxygen atoms in total. The summed E-state index contributed by atoms with van der Waals surface area (Å²) in [4.78, 5) is 0. The van der Waals surface area contributed by atoms with Crippen molar-refractivity contribution in [3.8, 4) is 0 Å². The minimum atomic E-state index is -1.54. The molecule has 0 fully saturated rings. The Hall–Kier alpha value is 1.28. The first-order valence-corrected chi connectivity index (χ1v) is 16.2. The molecule has 0 rings (SSSR count). The topological polar surface area (TPSA) is 9.23 Å². The maximum absolute atomic E-state index is 6.17. The van der Waals surface area contributed by atoms with Gasteiger partial charge in [0.2, 0.25) is 0 Å². The second-order valence-electron chi connectivity index (χ2n) is 6.52. The number of rotatable bonds is 5. The quantitative estimate of drug-likeness (QED) is 0.466.